The van der Waals surface area contributed by atoms with Gasteiger partial charge in [-0.2, -0.15) is 0 Å². The van der Waals surface area contributed by atoms with Crippen LogP contribution in [0.3, 0.4) is 0 Å². The number of pyridine rings is 1. The Bertz CT molecular complexity index is 608. The Morgan fingerprint density at radius 3 is 2.95 bits per heavy atom. The van der Waals surface area contributed by atoms with Crippen molar-refractivity contribution < 1.29 is 4.74 Å². The van der Waals surface area contributed by atoms with Crippen LogP contribution in [-0.2, 0) is 4.74 Å². The molecule has 106 valence electrons. The summed E-state index contributed by atoms with van der Waals surface area (Å²) in [5.74, 6) is 0. The number of fused-ring (bicyclic) bond motifs is 1. The third kappa shape index (κ3) is 2.56. The second kappa shape index (κ2) is 5.29. The van der Waals surface area contributed by atoms with Gasteiger partial charge in [0.25, 0.3) is 0 Å². The molecule has 1 aliphatic carbocycles. The van der Waals surface area contributed by atoms with Gasteiger partial charge in [-0.1, -0.05) is 0 Å². The summed E-state index contributed by atoms with van der Waals surface area (Å²) in [5, 5.41) is 4.67. The number of hydrogen-bond donors (Lipinski definition) is 2. The molecule has 0 amide bonds. The van der Waals surface area contributed by atoms with Gasteiger partial charge in [-0.15, -0.1) is 0 Å². The van der Waals surface area contributed by atoms with Gasteiger partial charge in [0.15, 0.2) is 0 Å². The SMILES string of the molecule is COCCC1(CNc2ccc(N)c3ncccc23)CC1. The number of hydrogen-bond acceptors (Lipinski definition) is 4. The maximum Gasteiger partial charge on any atom is 0.0951 e. The molecule has 0 aliphatic heterocycles. The van der Waals surface area contributed by atoms with Gasteiger partial charge in [-0.3, -0.25) is 4.98 Å². The van der Waals surface area contributed by atoms with Crippen LogP contribution in [0.2, 0.25) is 0 Å². The minimum absolute atomic E-state index is 0.423. The molecular weight excluding hydrogens is 250 g/mol. The minimum atomic E-state index is 0.423. The standard InChI is InChI=1S/C16H21N3O/c1-20-10-8-16(6-7-16)11-19-14-5-4-13(17)15-12(14)3-2-9-18-15/h2-5,9,19H,6-8,10-11,17H2,1H3. The summed E-state index contributed by atoms with van der Waals surface area (Å²) < 4.78 is 5.20. The molecule has 0 bridgehead atoms. The first kappa shape index (κ1) is 13.2. The van der Waals surface area contributed by atoms with E-state index in [1.54, 1.807) is 13.3 Å². The van der Waals surface area contributed by atoms with E-state index < -0.39 is 0 Å². The number of methoxy groups -OCH3 is 1. The predicted molar refractivity (Wildman–Crippen MR) is 82.8 cm³/mol. The Labute approximate surface area is 119 Å². The zero-order valence-corrected chi connectivity index (χ0v) is 11.9. The molecule has 3 rings (SSSR count). The van der Waals surface area contributed by atoms with Crippen LogP contribution in [0.15, 0.2) is 30.5 Å². The van der Waals surface area contributed by atoms with Gasteiger partial charge in [0.1, 0.15) is 0 Å². The average molecular weight is 271 g/mol. The van der Waals surface area contributed by atoms with Crippen molar-refractivity contribution in [1.29, 1.82) is 0 Å². The lowest BCUT2D eigenvalue weighted by atomic mass is 10.0. The summed E-state index contributed by atoms with van der Waals surface area (Å²) in [6, 6.07) is 7.98. The van der Waals surface area contributed by atoms with Crippen LogP contribution >= 0.6 is 0 Å². The Balaban J connectivity index is 1.77. The fraction of sp³-hybridized carbons (Fsp3) is 0.438. The number of aromatic nitrogens is 1. The van der Waals surface area contributed by atoms with Gasteiger partial charge in [-0.25, -0.2) is 0 Å². The summed E-state index contributed by atoms with van der Waals surface area (Å²) in [7, 11) is 1.77. The molecule has 1 fully saturated rings. The fourth-order valence-electron chi connectivity index (χ4n) is 2.64. The highest BCUT2D eigenvalue weighted by Crippen LogP contribution is 2.48. The molecule has 20 heavy (non-hydrogen) atoms. The summed E-state index contributed by atoms with van der Waals surface area (Å²) >= 11 is 0. The Morgan fingerprint density at radius 2 is 2.20 bits per heavy atom. The minimum Gasteiger partial charge on any atom is -0.397 e. The van der Waals surface area contributed by atoms with Crippen molar-refractivity contribution in [3.05, 3.63) is 30.5 Å². The molecule has 1 aliphatic rings. The second-order valence-electron chi connectivity index (χ2n) is 5.70. The summed E-state index contributed by atoms with van der Waals surface area (Å²) in [5.41, 5.74) is 9.12. The highest BCUT2D eigenvalue weighted by atomic mass is 16.5. The molecule has 0 spiro atoms. The molecule has 3 N–H and O–H groups in total. The van der Waals surface area contributed by atoms with E-state index >= 15 is 0 Å². The first-order valence-electron chi connectivity index (χ1n) is 7.10. The topological polar surface area (TPSA) is 60.2 Å². The predicted octanol–water partition coefficient (Wildman–Crippen LogP) is 3.05. The van der Waals surface area contributed by atoms with Crippen molar-refractivity contribution in [3.63, 3.8) is 0 Å². The number of nitrogens with zero attached hydrogens (tertiary/aromatic N) is 1. The molecule has 1 aromatic heterocycles. The van der Waals surface area contributed by atoms with Gasteiger partial charge >= 0.3 is 0 Å². The van der Waals surface area contributed by atoms with Crippen LogP contribution < -0.4 is 11.1 Å². The molecule has 4 nitrogen and oxygen atoms in total. The molecule has 2 aromatic rings. The van der Waals surface area contributed by atoms with Crippen molar-refractivity contribution >= 4 is 22.3 Å². The van der Waals surface area contributed by atoms with E-state index in [0.29, 0.717) is 5.41 Å². The van der Waals surface area contributed by atoms with Crippen LogP contribution in [0.25, 0.3) is 10.9 Å². The van der Waals surface area contributed by atoms with Crippen molar-refractivity contribution in [2.45, 2.75) is 19.3 Å². The number of nitrogens with one attached hydrogen (secondary N) is 1. The third-order valence-electron chi connectivity index (χ3n) is 4.25. The number of rotatable bonds is 6. The third-order valence-corrected chi connectivity index (χ3v) is 4.25. The van der Waals surface area contributed by atoms with Crippen LogP contribution in [-0.4, -0.2) is 25.2 Å². The van der Waals surface area contributed by atoms with Gasteiger partial charge in [0.2, 0.25) is 0 Å². The quantitative estimate of drug-likeness (QED) is 0.793. The maximum atomic E-state index is 5.98. The average Bonchev–Trinajstić information content (AvgIpc) is 3.25. The zero-order valence-electron chi connectivity index (χ0n) is 11.9. The van der Waals surface area contributed by atoms with Crippen LogP contribution in [0, 0.1) is 5.41 Å². The van der Waals surface area contributed by atoms with E-state index in [-0.39, 0.29) is 0 Å². The van der Waals surface area contributed by atoms with Crippen LogP contribution in [0.5, 0.6) is 0 Å². The van der Waals surface area contributed by atoms with E-state index in [2.05, 4.69) is 16.4 Å². The van der Waals surface area contributed by atoms with E-state index in [9.17, 15) is 0 Å². The highest BCUT2D eigenvalue weighted by Gasteiger charge is 2.41. The molecular formula is C16H21N3O. The second-order valence-corrected chi connectivity index (χ2v) is 5.70. The number of anilines is 2. The van der Waals surface area contributed by atoms with E-state index in [4.69, 9.17) is 10.5 Å². The number of nitrogen functional groups attached to an aromatic ring is 1. The molecule has 0 saturated heterocycles. The van der Waals surface area contributed by atoms with Crippen LogP contribution in [0.1, 0.15) is 19.3 Å². The fourth-order valence-corrected chi connectivity index (χ4v) is 2.64. The highest BCUT2D eigenvalue weighted by molar-refractivity contribution is 5.98. The van der Waals surface area contributed by atoms with Gasteiger partial charge in [-0.05, 0) is 48.9 Å². The van der Waals surface area contributed by atoms with E-state index in [0.717, 1.165) is 41.9 Å². The van der Waals surface area contributed by atoms with E-state index in [1.165, 1.54) is 12.8 Å². The van der Waals surface area contributed by atoms with Gasteiger partial charge in [0.05, 0.1) is 11.2 Å². The van der Waals surface area contributed by atoms with Crippen molar-refractivity contribution in [2.75, 3.05) is 31.3 Å². The maximum absolute atomic E-state index is 5.98. The zero-order chi connectivity index (χ0) is 14.0. The first-order chi connectivity index (χ1) is 9.74. The van der Waals surface area contributed by atoms with Crippen molar-refractivity contribution in [1.82, 2.24) is 4.98 Å². The monoisotopic (exact) mass is 271 g/mol. The lowest BCUT2D eigenvalue weighted by Gasteiger charge is -2.17. The van der Waals surface area contributed by atoms with Crippen molar-refractivity contribution in [3.8, 4) is 0 Å². The van der Waals surface area contributed by atoms with Gasteiger partial charge in [0, 0.05) is 37.5 Å². The molecule has 1 saturated carbocycles. The normalized spacial score (nSPS) is 16.2. The molecule has 1 aromatic carbocycles. The molecule has 0 atom stereocenters. The van der Waals surface area contributed by atoms with Crippen molar-refractivity contribution in [2.24, 2.45) is 5.41 Å². The van der Waals surface area contributed by atoms with Crippen LogP contribution in [0.4, 0.5) is 11.4 Å². The molecule has 1 heterocycles. The smallest absolute Gasteiger partial charge is 0.0951 e. The lowest BCUT2D eigenvalue weighted by Crippen LogP contribution is -2.17. The molecule has 0 radical (unpaired) electrons. The first-order valence-corrected chi connectivity index (χ1v) is 7.10. The summed E-state index contributed by atoms with van der Waals surface area (Å²) in [6.07, 6.45) is 5.48. The summed E-state index contributed by atoms with van der Waals surface area (Å²) in [4.78, 5) is 4.37. The number of nitrogens with two attached hydrogens (primary N) is 1. The Morgan fingerprint density at radius 1 is 1.35 bits per heavy atom. The Hall–Kier alpha value is -1.81. The Kier molecular flexibility index (Phi) is 3.49. The number of benzene rings is 1. The largest absolute Gasteiger partial charge is 0.397 e. The lowest BCUT2D eigenvalue weighted by molar-refractivity contribution is 0.175. The number of ether oxygens (including phenoxy) is 1. The molecule has 0 unspecified atom stereocenters. The van der Waals surface area contributed by atoms with E-state index in [1.807, 2.05) is 18.2 Å². The van der Waals surface area contributed by atoms with Gasteiger partial charge < -0.3 is 15.8 Å². The summed E-state index contributed by atoms with van der Waals surface area (Å²) in [6.45, 7) is 1.83. The molecule has 4 heteroatoms.